The van der Waals surface area contributed by atoms with Gasteiger partial charge in [-0.1, -0.05) is 15.9 Å². The van der Waals surface area contributed by atoms with Gasteiger partial charge in [-0.15, -0.1) is 0 Å². The molecule has 18 heavy (non-hydrogen) atoms. The highest BCUT2D eigenvalue weighted by atomic mass is 79.9. The number of hydrogen-bond donors (Lipinski definition) is 1. The van der Waals surface area contributed by atoms with E-state index < -0.39 is 0 Å². The van der Waals surface area contributed by atoms with Crippen LogP contribution >= 0.6 is 15.9 Å². The summed E-state index contributed by atoms with van der Waals surface area (Å²) in [6.45, 7) is 4.39. The van der Waals surface area contributed by atoms with Crippen LogP contribution in [0.25, 0.3) is 0 Å². The van der Waals surface area contributed by atoms with E-state index in [2.05, 4.69) is 28.2 Å². The molecule has 0 radical (unpaired) electrons. The summed E-state index contributed by atoms with van der Waals surface area (Å²) in [5, 5.41) is 3.32. The molecule has 4 nitrogen and oxygen atoms in total. The van der Waals surface area contributed by atoms with Crippen molar-refractivity contribution in [2.75, 3.05) is 26.7 Å². The van der Waals surface area contributed by atoms with Gasteiger partial charge in [-0.3, -0.25) is 4.79 Å². The van der Waals surface area contributed by atoms with Crippen molar-refractivity contribution in [1.29, 1.82) is 0 Å². The first-order valence-corrected chi connectivity index (χ1v) is 6.77. The lowest BCUT2D eigenvalue weighted by molar-refractivity contribution is 0.0705. The van der Waals surface area contributed by atoms with E-state index in [1.807, 2.05) is 17.0 Å². The average molecular weight is 313 g/mol. The van der Waals surface area contributed by atoms with E-state index in [4.69, 9.17) is 4.74 Å². The van der Waals surface area contributed by atoms with Gasteiger partial charge in [0.25, 0.3) is 5.91 Å². The molecule has 0 aliphatic carbocycles. The molecule has 0 spiro atoms. The number of carbonyl (C=O) groups is 1. The zero-order chi connectivity index (χ0) is 13.1. The van der Waals surface area contributed by atoms with Gasteiger partial charge in [0, 0.05) is 30.1 Å². The van der Waals surface area contributed by atoms with Crippen LogP contribution in [0.5, 0.6) is 5.75 Å². The molecule has 1 aromatic rings. The Bertz CT molecular complexity index is 451. The van der Waals surface area contributed by atoms with E-state index in [1.165, 1.54) is 0 Å². The summed E-state index contributed by atoms with van der Waals surface area (Å²) < 4.78 is 6.18. The van der Waals surface area contributed by atoms with E-state index in [0.717, 1.165) is 24.1 Å². The summed E-state index contributed by atoms with van der Waals surface area (Å²) in [7, 11) is 1.58. The number of ether oxygens (including phenoxy) is 1. The summed E-state index contributed by atoms with van der Waals surface area (Å²) in [6.07, 6.45) is 0. The number of methoxy groups -OCH3 is 1. The Morgan fingerprint density at radius 1 is 1.56 bits per heavy atom. The SMILES string of the molecule is COc1cc(Br)ccc1C(=O)N1CCNC(C)C1. The Kier molecular flexibility index (Phi) is 4.24. The van der Waals surface area contributed by atoms with Gasteiger partial charge in [0.2, 0.25) is 0 Å². The molecular weight excluding hydrogens is 296 g/mol. The first kappa shape index (κ1) is 13.4. The standard InChI is InChI=1S/C13H17BrN2O2/c1-9-8-16(6-5-15-9)13(17)11-4-3-10(14)7-12(11)18-2/h3-4,7,9,15H,5-6,8H2,1-2H3. The second-order valence-corrected chi connectivity index (χ2v) is 5.37. The van der Waals surface area contributed by atoms with Crippen LogP contribution in [0.15, 0.2) is 22.7 Å². The van der Waals surface area contributed by atoms with Crippen LogP contribution < -0.4 is 10.1 Å². The molecule has 1 aliphatic rings. The molecule has 1 saturated heterocycles. The molecule has 1 heterocycles. The number of benzene rings is 1. The van der Waals surface area contributed by atoms with Crippen LogP contribution in [0, 0.1) is 0 Å². The van der Waals surface area contributed by atoms with Gasteiger partial charge in [-0.25, -0.2) is 0 Å². The molecule has 0 bridgehead atoms. The van der Waals surface area contributed by atoms with Crippen molar-refractivity contribution in [3.63, 3.8) is 0 Å². The van der Waals surface area contributed by atoms with Gasteiger partial charge in [0.1, 0.15) is 5.75 Å². The predicted octanol–water partition coefficient (Wildman–Crippen LogP) is 1.89. The normalized spacial score (nSPS) is 19.7. The van der Waals surface area contributed by atoms with Crippen LogP contribution in [0.2, 0.25) is 0 Å². The van der Waals surface area contributed by atoms with Crippen LogP contribution in [0.3, 0.4) is 0 Å². The fourth-order valence-corrected chi connectivity index (χ4v) is 2.47. The van der Waals surface area contributed by atoms with Gasteiger partial charge in [-0.05, 0) is 25.1 Å². The number of carbonyl (C=O) groups excluding carboxylic acids is 1. The maximum Gasteiger partial charge on any atom is 0.257 e. The van der Waals surface area contributed by atoms with Crippen molar-refractivity contribution >= 4 is 21.8 Å². The van der Waals surface area contributed by atoms with E-state index in [1.54, 1.807) is 13.2 Å². The van der Waals surface area contributed by atoms with Crippen LogP contribution in [0.4, 0.5) is 0 Å². The number of rotatable bonds is 2. The summed E-state index contributed by atoms with van der Waals surface area (Å²) in [5.74, 6) is 0.647. The maximum absolute atomic E-state index is 12.4. The van der Waals surface area contributed by atoms with Crippen LogP contribution in [-0.4, -0.2) is 43.6 Å². The summed E-state index contributed by atoms with van der Waals surface area (Å²) in [6, 6.07) is 5.82. The topological polar surface area (TPSA) is 41.6 Å². The number of amides is 1. The molecule has 5 heteroatoms. The molecule has 1 aliphatic heterocycles. The van der Waals surface area contributed by atoms with Crippen LogP contribution in [0.1, 0.15) is 17.3 Å². The minimum Gasteiger partial charge on any atom is -0.496 e. The summed E-state index contributed by atoms with van der Waals surface area (Å²) in [4.78, 5) is 14.3. The van der Waals surface area contributed by atoms with Crippen LogP contribution in [-0.2, 0) is 0 Å². The van der Waals surface area contributed by atoms with E-state index in [9.17, 15) is 4.79 Å². The van der Waals surface area contributed by atoms with Gasteiger partial charge in [-0.2, -0.15) is 0 Å². The third-order valence-corrected chi connectivity index (χ3v) is 3.54. The molecule has 1 N–H and O–H groups in total. The molecule has 0 saturated carbocycles. The van der Waals surface area contributed by atoms with E-state index in [0.29, 0.717) is 17.4 Å². The third-order valence-electron chi connectivity index (χ3n) is 3.05. The summed E-state index contributed by atoms with van der Waals surface area (Å²) in [5.41, 5.74) is 0.620. The number of nitrogens with one attached hydrogen (secondary N) is 1. The van der Waals surface area contributed by atoms with Gasteiger partial charge >= 0.3 is 0 Å². The first-order chi connectivity index (χ1) is 8.61. The predicted molar refractivity (Wildman–Crippen MR) is 74.1 cm³/mol. The highest BCUT2D eigenvalue weighted by Crippen LogP contribution is 2.25. The highest BCUT2D eigenvalue weighted by Gasteiger charge is 2.23. The fourth-order valence-electron chi connectivity index (χ4n) is 2.13. The van der Waals surface area contributed by atoms with Crippen molar-refractivity contribution in [2.45, 2.75) is 13.0 Å². The lowest BCUT2D eigenvalue weighted by Gasteiger charge is -2.32. The zero-order valence-electron chi connectivity index (χ0n) is 10.6. The van der Waals surface area contributed by atoms with Crippen molar-refractivity contribution < 1.29 is 9.53 Å². The second-order valence-electron chi connectivity index (χ2n) is 4.45. The van der Waals surface area contributed by atoms with E-state index >= 15 is 0 Å². The number of piperazine rings is 1. The highest BCUT2D eigenvalue weighted by molar-refractivity contribution is 9.10. The second kappa shape index (κ2) is 5.71. The quantitative estimate of drug-likeness (QED) is 0.907. The number of halogens is 1. The molecule has 1 fully saturated rings. The lowest BCUT2D eigenvalue weighted by atomic mass is 10.1. The van der Waals surface area contributed by atoms with Gasteiger partial charge in [0.05, 0.1) is 12.7 Å². The first-order valence-electron chi connectivity index (χ1n) is 5.98. The third kappa shape index (κ3) is 2.84. The van der Waals surface area contributed by atoms with Crippen molar-refractivity contribution in [2.24, 2.45) is 0 Å². The summed E-state index contributed by atoms with van der Waals surface area (Å²) >= 11 is 3.38. The Morgan fingerprint density at radius 3 is 3.00 bits per heavy atom. The molecule has 2 rings (SSSR count). The molecule has 1 aromatic carbocycles. The van der Waals surface area contributed by atoms with Gasteiger partial charge in [0.15, 0.2) is 0 Å². The van der Waals surface area contributed by atoms with Gasteiger partial charge < -0.3 is 15.0 Å². The monoisotopic (exact) mass is 312 g/mol. The average Bonchev–Trinajstić information content (AvgIpc) is 2.37. The molecule has 1 atom stereocenters. The molecule has 1 unspecified atom stereocenters. The molecule has 98 valence electrons. The molecule has 1 amide bonds. The Hall–Kier alpha value is -1.07. The largest absolute Gasteiger partial charge is 0.496 e. The number of hydrogen-bond acceptors (Lipinski definition) is 3. The van der Waals surface area contributed by atoms with Crippen molar-refractivity contribution in [3.8, 4) is 5.75 Å². The van der Waals surface area contributed by atoms with Crippen molar-refractivity contribution in [1.82, 2.24) is 10.2 Å². The Morgan fingerprint density at radius 2 is 2.33 bits per heavy atom. The molecule has 0 aromatic heterocycles. The minimum absolute atomic E-state index is 0.0349. The minimum atomic E-state index is 0.0349. The van der Waals surface area contributed by atoms with E-state index in [-0.39, 0.29) is 5.91 Å². The maximum atomic E-state index is 12.4. The zero-order valence-corrected chi connectivity index (χ0v) is 12.2. The van der Waals surface area contributed by atoms with Crippen molar-refractivity contribution in [3.05, 3.63) is 28.2 Å². The number of nitrogens with zero attached hydrogens (tertiary/aromatic N) is 1. The fraction of sp³-hybridized carbons (Fsp3) is 0.462. The molecular formula is C13H17BrN2O2. The Balaban J connectivity index is 2.22. The smallest absolute Gasteiger partial charge is 0.257 e. The Labute approximate surface area is 115 Å². The lowest BCUT2D eigenvalue weighted by Crippen LogP contribution is -2.51.